The Kier molecular flexibility index (Phi) is 3.40. The molecule has 0 aliphatic carbocycles. The summed E-state index contributed by atoms with van der Waals surface area (Å²) in [5.41, 5.74) is 5.57. The van der Waals surface area contributed by atoms with Crippen LogP contribution in [0.2, 0.25) is 0 Å². The molecule has 0 spiro atoms. The summed E-state index contributed by atoms with van der Waals surface area (Å²) in [5, 5.41) is 18.9. The van der Waals surface area contributed by atoms with E-state index < -0.39 is 24.0 Å². The number of imidazole rings is 1. The molecule has 10 heteroatoms. The molecule has 2 aromatic heterocycles. The van der Waals surface area contributed by atoms with E-state index in [0.717, 1.165) is 0 Å². The minimum absolute atomic E-state index is 0.0164. The number of aliphatic hydroxyl groups is 2. The molecule has 0 bridgehead atoms. The zero-order valence-corrected chi connectivity index (χ0v) is 12.3. The Morgan fingerprint density at radius 1 is 1.55 bits per heavy atom. The lowest BCUT2D eigenvalue weighted by Crippen LogP contribution is -2.24. The van der Waals surface area contributed by atoms with Crippen LogP contribution in [0.1, 0.15) is 12.6 Å². The number of nitrogens with one attached hydrogen (secondary N) is 1. The summed E-state index contributed by atoms with van der Waals surface area (Å²) in [6.07, 6.45) is -1.71. The fraction of sp³-hybridized carbons (Fsp3) is 0.500. The molecule has 1 saturated heterocycles. The number of aliphatic hydroxyl groups excluding tert-OH is 2. The molecule has 108 valence electrons. The van der Waals surface area contributed by atoms with Crippen molar-refractivity contribution in [2.45, 2.75) is 24.9 Å². The second kappa shape index (κ2) is 4.95. The van der Waals surface area contributed by atoms with E-state index >= 15 is 0 Å². The zero-order valence-electron chi connectivity index (χ0n) is 10.2. The average Bonchev–Trinajstić information content (AvgIpc) is 2.89. The van der Waals surface area contributed by atoms with Crippen LogP contribution < -0.4 is 11.3 Å². The van der Waals surface area contributed by atoms with Gasteiger partial charge in [0.15, 0.2) is 15.0 Å². The summed E-state index contributed by atoms with van der Waals surface area (Å²) in [5.74, 6) is -0.0164. The Bertz CT molecular complexity index is 713. The Hall–Kier alpha value is -1.24. The van der Waals surface area contributed by atoms with Crippen molar-refractivity contribution < 1.29 is 14.9 Å². The number of halogens is 1. The van der Waals surface area contributed by atoms with Gasteiger partial charge in [0, 0.05) is 29.0 Å². The number of anilines is 1. The maximum atomic E-state index is 11.8. The van der Waals surface area contributed by atoms with Crippen LogP contribution in [0, 0.1) is 3.83 Å². The van der Waals surface area contributed by atoms with Gasteiger partial charge in [0.2, 0.25) is 5.95 Å². The van der Waals surface area contributed by atoms with E-state index in [1.165, 1.54) is 0 Å². The van der Waals surface area contributed by atoms with Crippen molar-refractivity contribution in [2.24, 2.45) is 0 Å². The first-order chi connectivity index (χ1) is 9.51. The first kappa shape index (κ1) is 13.7. The Labute approximate surface area is 125 Å². The maximum absolute atomic E-state index is 11.8. The van der Waals surface area contributed by atoms with Gasteiger partial charge in [-0.05, 0) is 0 Å². The lowest BCUT2D eigenvalue weighted by Gasteiger charge is -2.14. The van der Waals surface area contributed by atoms with Gasteiger partial charge in [0.05, 0.1) is 12.7 Å². The summed E-state index contributed by atoms with van der Waals surface area (Å²) >= 11 is 1.95. The van der Waals surface area contributed by atoms with E-state index in [-0.39, 0.29) is 24.5 Å². The van der Waals surface area contributed by atoms with E-state index in [0.29, 0.717) is 9.48 Å². The van der Waals surface area contributed by atoms with E-state index in [4.69, 9.17) is 15.6 Å². The van der Waals surface area contributed by atoms with Crippen molar-refractivity contribution in [3.05, 3.63) is 14.2 Å². The van der Waals surface area contributed by atoms with Crippen LogP contribution in [0.15, 0.2) is 4.79 Å². The number of H-pyrrole nitrogens is 1. The van der Waals surface area contributed by atoms with Crippen molar-refractivity contribution >= 4 is 39.7 Å². The molecule has 1 fully saturated rings. The average molecular weight is 393 g/mol. The number of nitrogen functional groups attached to an aromatic ring is 1. The molecule has 0 amide bonds. The van der Waals surface area contributed by atoms with E-state index in [1.807, 2.05) is 22.6 Å². The number of nitrogens with zero attached hydrogens (tertiary/aromatic N) is 3. The van der Waals surface area contributed by atoms with Gasteiger partial charge < -0.3 is 20.7 Å². The monoisotopic (exact) mass is 393 g/mol. The highest BCUT2D eigenvalue weighted by Crippen LogP contribution is 2.32. The Morgan fingerprint density at radius 3 is 2.95 bits per heavy atom. The smallest absolute Gasteiger partial charge is 0.280 e. The summed E-state index contributed by atoms with van der Waals surface area (Å²) in [7, 11) is 0. The van der Waals surface area contributed by atoms with Crippen molar-refractivity contribution in [1.82, 2.24) is 19.5 Å². The third-order valence-corrected chi connectivity index (χ3v) is 3.96. The molecule has 5 N–H and O–H groups in total. The minimum Gasteiger partial charge on any atom is -0.394 e. The molecule has 2 aromatic rings. The number of hydrogen-bond acceptors (Lipinski definition) is 7. The van der Waals surface area contributed by atoms with Crippen LogP contribution in [0.25, 0.3) is 11.2 Å². The molecule has 1 aliphatic heterocycles. The number of fused-ring (bicyclic) bond motifs is 1. The largest absolute Gasteiger partial charge is 0.394 e. The van der Waals surface area contributed by atoms with Crippen molar-refractivity contribution in [1.29, 1.82) is 0 Å². The lowest BCUT2D eigenvalue weighted by atomic mass is 10.2. The third-order valence-electron chi connectivity index (χ3n) is 3.20. The molecule has 1 unspecified atom stereocenters. The predicted molar refractivity (Wildman–Crippen MR) is 76.9 cm³/mol. The lowest BCUT2D eigenvalue weighted by molar-refractivity contribution is -0.0440. The standard InChI is InChI=1S/C10H12IN5O4/c11-9-13-6-7(14-10(12)15-8(6)19)16(9)5-1-3(18)4(2-17)20-5/h3-5,17-18H,1-2H2,(H3,12,14,15,19)/t3?,4-,5-/m1/s1. The topological polar surface area (TPSA) is 139 Å². The first-order valence-electron chi connectivity index (χ1n) is 5.89. The number of rotatable bonds is 2. The first-order valence-corrected chi connectivity index (χ1v) is 6.96. The van der Waals surface area contributed by atoms with E-state index in [9.17, 15) is 9.90 Å². The minimum atomic E-state index is -0.780. The molecule has 0 aromatic carbocycles. The zero-order chi connectivity index (χ0) is 14.4. The molecule has 3 atom stereocenters. The summed E-state index contributed by atoms with van der Waals surface area (Å²) in [4.78, 5) is 22.4. The van der Waals surface area contributed by atoms with Crippen molar-refractivity contribution in [2.75, 3.05) is 12.3 Å². The van der Waals surface area contributed by atoms with Gasteiger partial charge in [-0.1, -0.05) is 0 Å². The highest BCUT2D eigenvalue weighted by molar-refractivity contribution is 14.1. The van der Waals surface area contributed by atoms with Gasteiger partial charge in [0.25, 0.3) is 5.56 Å². The van der Waals surface area contributed by atoms with Crippen LogP contribution in [0.5, 0.6) is 0 Å². The van der Waals surface area contributed by atoms with Gasteiger partial charge >= 0.3 is 0 Å². The second-order valence-corrected chi connectivity index (χ2v) is 5.45. The van der Waals surface area contributed by atoms with E-state index in [2.05, 4.69) is 15.0 Å². The van der Waals surface area contributed by atoms with Crippen LogP contribution in [-0.2, 0) is 4.74 Å². The van der Waals surface area contributed by atoms with Gasteiger partial charge in [-0.15, -0.1) is 0 Å². The summed E-state index contributed by atoms with van der Waals surface area (Å²) in [6.45, 7) is -0.281. The highest BCUT2D eigenvalue weighted by atomic mass is 127. The van der Waals surface area contributed by atoms with Crippen LogP contribution in [-0.4, -0.2) is 48.5 Å². The molecular weight excluding hydrogens is 381 g/mol. The number of hydrogen-bond donors (Lipinski definition) is 4. The molecule has 0 radical (unpaired) electrons. The molecule has 3 heterocycles. The van der Waals surface area contributed by atoms with Gasteiger partial charge in [-0.2, -0.15) is 4.98 Å². The molecule has 0 saturated carbocycles. The molecule has 9 nitrogen and oxygen atoms in total. The van der Waals surface area contributed by atoms with Crippen molar-refractivity contribution in [3.8, 4) is 0 Å². The number of ether oxygens (including phenoxy) is 1. The number of nitrogens with two attached hydrogens (primary N) is 1. The second-order valence-electron chi connectivity index (χ2n) is 4.49. The van der Waals surface area contributed by atoms with E-state index in [1.54, 1.807) is 4.57 Å². The highest BCUT2D eigenvalue weighted by Gasteiger charge is 2.36. The summed E-state index contributed by atoms with van der Waals surface area (Å²) < 4.78 is 7.66. The van der Waals surface area contributed by atoms with Crippen LogP contribution >= 0.6 is 22.6 Å². The predicted octanol–water partition coefficient (Wildman–Crippen LogP) is -1.05. The SMILES string of the molecule is Nc1nc2c(nc(I)n2[C@H]2CC(O)[C@@H](CO)O2)c(=O)[nH]1. The molecule has 1 aliphatic rings. The van der Waals surface area contributed by atoms with Gasteiger partial charge in [-0.3, -0.25) is 14.3 Å². The third kappa shape index (κ3) is 2.08. The molecule has 3 rings (SSSR count). The quantitative estimate of drug-likeness (QED) is 0.377. The van der Waals surface area contributed by atoms with Gasteiger partial charge in [-0.25, -0.2) is 4.98 Å². The van der Waals surface area contributed by atoms with Crippen molar-refractivity contribution in [3.63, 3.8) is 0 Å². The number of aromatic nitrogens is 4. The fourth-order valence-electron chi connectivity index (χ4n) is 2.27. The van der Waals surface area contributed by atoms with Crippen LogP contribution in [0.3, 0.4) is 0 Å². The normalized spacial score (nSPS) is 26.4. The maximum Gasteiger partial charge on any atom is 0.280 e. The Morgan fingerprint density at radius 2 is 2.30 bits per heavy atom. The fourth-order valence-corrected chi connectivity index (χ4v) is 3.05. The van der Waals surface area contributed by atoms with Gasteiger partial charge in [0.1, 0.15) is 12.3 Å². The summed E-state index contributed by atoms with van der Waals surface area (Å²) in [6, 6.07) is 0. The Balaban J connectivity index is 2.13. The van der Waals surface area contributed by atoms with Crippen LogP contribution in [0.4, 0.5) is 5.95 Å². The molecular formula is C10H12IN5O4. The number of aromatic amines is 1. The molecule has 20 heavy (non-hydrogen) atoms.